The van der Waals surface area contributed by atoms with Crippen molar-refractivity contribution < 1.29 is 4.73 Å². The predicted octanol–water partition coefficient (Wildman–Crippen LogP) is 1.65. The first-order valence-electron chi connectivity index (χ1n) is 5.95. The Labute approximate surface area is 112 Å². The summed E-state index contributed by atoms with van der Waals surface area (Å²) in [6, 6.07) is 8.07. The zero-order chi connectivity index (χ0) is 13.8. The Morgan fingerprint density at radius 1 is 1.16 bits per heavy atom. The lowest BCUT2D eigenvalue weighted by Crippen LogP contribution is -2.32. The first-order valence-corrected chi connectivity index (χ1v) is 5.95. The lowest BCUT2D eigenvalue weighted by molar-refractivity contribution is -0.612. The summed E-state index contributed by atoms with van der Waals surface area (Å²) in [6.07, 6.45) is 4.79. The van der Waals surface area contributed by atoms with E-state index in [0.717, 1.165) is 17.6 Å². The molecule has 0 aliphatic rings. The molecule has 0 aliphatic carbocycles. The minimum atomic E-state index is 0.506. The molecule has 0 spiro atoms. The highest BCUT2D eigenvalue weighted by atomic mass is 16.5. The van der Waals surface area contributed by atoms with Gasteiger partial charge < -0.3 is 10.1 Å². The fraction of sp³-hybridized carbons (Fsp3) is 0.214. The molecule has 0 amide bonds. The van der Waals surface area contributed by atoms with E-state index in [0.29, 0.717) is 16.1 Å². The third-order valence-corrected chi connectivity index (χ3v) is 2.82. The van der Waals surface area contributed by atoms with Gasteiger partial charge in [-0.25, -0.2) is 4.73 Å². The summed E-state index contributed by atoms with van der Waals surface area (Å²) in [6.45, 7) is 1.76. The molecule has 5 nitrogen and oxygen atoms in total. The fourth-order valence-electron chi connectivity index (χ4n) is 1.69. The van der Waals surface area contributed by atoms with Gasteiger partial charge in [0.25, 0.3) is 0 Å². The van der Waals surface area contributed by atoms with E-state index in [1.54, 1.807) is 13.0 Å². The zero-order valence-electron chi connectivity index (χ0n) is 11.2. The van der Waals surface area contributed by atoms with E-state index >= 15 is 0 Å². The molecular weight excluding hydrogens is 240 g/mol. The number of benzene rings is 1. The zero-order valence-corrected chi connectivity index (χ0v) is 11.2. The van der Waals surface area contributed by atoms with Crippen molar-refractivity contribution in [2.45, 2.75) is 6.92 Å². The molecule has 0 saturated carbocycles. The van der Waals surface area contributed by atoms with E-state index in [4.69, 9.17) is 0 Å². The first kappa shape index (κ1) is 13.0. The van der Waals surface area contributed by atoms with Gasteiger partial charge in [-0.3, -0.25) is 0 Å². The van der Waals surface area contributed by atoms with Crippen molar-refractivity contribution >= 4 is 17.8 Å². The van der Waals surface area contributed by atoms with Crippen LogP contribution in [-0.4, -0.2) is 24.3 Å². The first-order chi connectivity index (χ1) is 9.08. The number of hydrogen-bond acceptors (Lipinski definition) is 4. The summed E-state index contributed by atoms with van der Waals surface area (Å²) >= 11 is 0. The molecule has 98 valence electrons. The highest BCUT2D eigenvalue weighted by Crippen LogP contribution is 2.14. The number of nitrogens with zero attached hydrogens (tertiary/aromatic N) is 4. The minimum Gasteiger partial charge on any atom is -0.710 e. The van der Waals surface area contributed by atoms with E-state index in [9.17, 15) is 5.21 Å². The molecule has 0 unspecified atom stereocenters. The van der Waals surface area contributed by atoms with Crippen LogP contribution < -0.4 is 9.63 Å². The topological polar surface area (TPSA) is 56.0 Å². The highest BCUT2D eigenvalue weighted by Gasteiger charge is 2.04. The van der Waals surface area contributed by atoms with Crippen molar-refractivity contribution in [2.24, 2.45) is 0 Å². The molecule has 1 aromatic heterocycles. The van der Waals surface area contributed by atoms with Gasteiger partial charge in [0.05, 0.1) is 5.10 Å². The minimum absolute atomic E-state index is 0.506. The molecule has 1 heterocycles. The van der Waals surface area contributed by atoms with Crippen LogP contribution in [0.25, 0.3) is 12.2 Å². The maximum absolute atomic E-state index is 11.6. The van der Waals surface area contributed by atoms with Gasteiger partial charge in [0.15, 0.2) is 5.69 Å². The summed E-state index contributed by atoms with van der Waals surface area (Å²) in [4.78, 5) is 2.04. The number of hydrogen-bond donors (Lipinski definition) is 0. The van der Waals surface area contributed by atoms with Crippen molar-refractivity contribution in [1.29, 1.82) is 0 Å². The van der Waals surface area contributed by atoms with Crippen molar-refractivity contribution in [3.63, 3.8) is 0 Å². The summed E-state index contributed by atoms with van der Waals surface area (Å²) in [7, 11) is 3.99. The van der Waals surface area contributed by atoms with E-state index in [1.807, 2.05) is 49.3 Å². The SMILES string of the molecule is Cc1nnc[n+]([O-])c1/C=C/c1ccc(N(C)C)cc1. The van der Waals surface area contributed by atoms with Crippen molar-refractivity contribution in [1.82, 2.24) is 10.2 Å². The third-order valence-electron chi connectivity index (χ3n) is 2.82. The smallest absolute Gasteiger partial charge is 0.318 e. The maximum atomic E-state index is 11.6. The Balaban J connectivity index is 2.23. The van der Waals surface area contributed by atoms with Gasteiger partial charge in [-0.1, -0.05) is 18.2 Å². The molecule has 19 heavy (non-hydrogen) atoms. The van der Waals surface area contributed by atoms with Gasteiger partial charge in [-0.2, -0.15) is 0 Å². The normalized spacial score (nSPS) is 10.9. The van der Waals surface area contributed by atoms with Crippen LogP contribution in [0.3, 0.4) is 0 Å². The average molecular weight is 256 g/mol. The van der Waals surface area contributed by atoms with Gasteiger partial charge in [-0.05, 0) is 35.8 Å². The van der Waals surface area contributed by atoms with Gasteiger partial charge in [0.2, 0.25) is 0 Å². The van der Waals surface area contributed by atoms with Crippen LogP contribution in [0.4, 0.5) is 5.69 Å². The molecule has 0 saturated heterocycles. The molecular formula is C14H16N4O. The second-order valence-electron chi connectivity index (χ2n) is 4.45. The Kier molecular flexibility index (Phi) is 3.75. The van der Waals surface area contributed by atoms with Crippen molar-refractivity contribution in [3.05, 3.63) is 52.8 Å². The maximum Gasteiger partial charge on any atom is 0.318 e. The van der Waals surface area contributed by atoms with Crippen LogP contribution in [0, 0.1) is 12.1 Å². The second-order valence-corrected chi connectivity index (χ2v) is 4.45. The Morgan fingerprint density at radius 2 is 1.84 bits per heavy atom. The summed E-state index contributed by atoms with van der Waals surface area (Å²) in [5.74, 6) is 0. The molecule has 2 rings (SSSR count). The Hall–Kier alpha value is -2.43. The van der Waals surface area contributed by atoms with E-state index in [2.05, 4.69) is 10.2 Å². The molecule has 5 heteroatoms. The molecule has 0 atom stereocenters. The van der Waals surface area contributed by atoms with Gasteiger partial charge >= 0.3 is 6.33 Å². The number of anilines is 1. The van der Waals surface area contributed by atoms with E-state index in [-0.39, 0.29) is 0 Å². The molecule has 0 N–H and O–H groups in total. The second kappa shape index (κ2) is 5.48. The van der Waals surface area contributed by atoms with Gasteiger partial charge in [0.1, 0.15) is 5.69 Å². The quantitative estimate of drug-likeness (QED) is 0.619. The molecule has 2 aromatic rings. The van der Waals surface area contributed by atoms with Crippen LogP contribution in [0.1, 0.15) is 17.0 Å². The van der Waals surface area contributed by atoms with Crippen LogP contribution in [-0.2, 0) is 0 Å². The molecule has 0 radical (unpaired) electrons. The molecule has 0 fully saturated rings. The molecule has 1 aromatic carbocycles. The van der Waals surface area contributed by atoms with Crippen LogP contribution >= 0.6 is 0 Å². The fourth-order valence-corrected chi connectivity index (χ4v) is 1.69. The van der Waals surface area contributed by atoms with Crippen LogP contribution in [0.2, 0.25) is 0 Å². The average Bonchev–Trinajstić information content (AvgIpc) is 2.38. The van der Waals surface area contributed by atoms with Crippen LogP contribution in [0.15, 0.2) is 30.6 Å². The summed E-state index contributed by atoms with van der Waals surface area (Å²) < 4.78 is 0.715. The Bertz CT molecular complexity index is 571. The highest BCUT2D eigenvalue weighted by molar-refractivity contribution is 5.68. The Morgan fingerprint density at radius 3 is 2.42 bits per heavy atom. The largest absolute Gasteiger partial charge is 0.710 e. The molecule has 0 aliphatic heterocycles. The summed E-state index contributed by atoms with van der Waals surface area (Å²) in [5, 5.41) is 19.0. The number of rotatable bonds is 3. The summed E-state index contributed by atoms with van der Waals surface area (Å²) in [5.41, 5.74) is 3.28. The molecule has 0 bridgehead atoms. The van der Waals surface area contributed by atoms with Crippen molar-refractivity contribution in [3.8, 4) is 0 Å². The monoisotopic (exact) mass is 256 g/mol. The van der Waals surface area contributed by atoms with E-state index < -0.39 is 0 Å². The number of aromatic nitrogens is 3. The lowest BCUT2D eigenvalue weighted by Gasteiger charge is -2.11. The van der Waals surface area contributed by atoms with Crippen LogP contribution in [0.5, 0.6) is 0 Å². The van der Waals surface area contributed by atoms with Gasteiger partial charge in [-0.15, -0.1) is 0 Å². The standard InChI is InChI=1S/C14H16N4O/c1-11-14(18(19)10-15-16-11)9-6-12-4-7-13(8-5-12)17(2)3/h4-10H,1-3H3/b9-6+. The predicted molar refractivity (Wildman–Crippen MR) is 75.4 cm³/mol. The lowest BCUT2D eigenvalue weighted by atomic mass is 10.1. The van der Waals surface area contributed by atoms with Gasteiger partial charge in [0, 0.05) is 19.8 Å². The third kappa shape index (κ3) is 3.07. The number of aryl methyl sites for hydroxylation is 1. The van der Waals surface area contributed by atoms with Crippen molar-refractivity contribution in [2.75, 3.05) is 19.0 Å². The van der Waals surface area contributed by atoms with E-state index in [1.165, 1.54) is 0 Å².